The lowest BCUT2D eigenvalue weighted by molar-refractivity contribution is 0.300. The molecule has 3 heteroatoms. The molecule has 2 nitrogen and oxygen atoms in total. The molecule has 2 rings (SSSR count). The highest BCUT2D eigenvalue weighted by Gasteiger charge is 2.06. The third kappa shape index (κ3) is 7.65. The number of benzene rings is 1. The van der Waals surface area contributed by atoms with E-state index in [2.05, 4.69) is 24.8 Å². The Bertz CT molecular complexity index is 485. The molecule has 0 atom stereocenters. The first-order chi connectivity index (χ1) is 11.9. The molecule has 24 heavy (non-hydrogen) atoms. The molecule has 0 saturated carbocycles. The van der Waals surface area contributed by atoms with E-state index in [1.54, 1.807) is 0 Å². The Morgan fingerprint density at radius 3 is 2.25 bits per heavy atom. The molecule has 0 bridgehead atoms. The van der Waals surface area contributed by atoms with Crippen LogP contribution in [0.5, 0.6) is 11.5 Å². The lowest BCUT2D eigenvalue weighted by atomic mass is 10.1. The van der Waals surface area contributed by atoms with Crippen LogP contribution in [0.3, 0.4) is 0 Å². The summed E-state index contributed by atoms with van der Waals surface area (Å²) in [6, 6.07) is 6.11. The van der Waals surface area contributed by atoms with Crippen molar-refractivity contribution in [3.63, 3.8) is 0 Å². The number of thiol groups is 1. The zero-order valence-electron chi connectivity index (χ0n) is 14.8. The van der Waals surface area contributed by atoms with E-state index in [1.165, 1.54) is 57.8 Å². The van der Waals surface area contributed by atoms with E-state index in [0.717, 1.165) is 35.8 Å². The quantitative estimate of drug-likeness (QED) is 0.333. The Balaban J connectivity index is 1.44. The largest absolute Gasteiger partial charge is 0.493 e. The topological polar surface area (TPSA) is 18.5 Å². The summed E-state index contributed by atoms with van der Waals surface area (Å²) in [7, 11) is 0. The van der Waals surface area contributed by atoms with Gasteiger partial charge in [0.1, 0.15) is 18.1 Å². The van der Waals surface area contributed by atoms with Gasteiger partial charge in [-0.3, -0.25) is 0 Å². The van der Waals surface area contributed by atoms with E-state index in [0.29, 0.717) is 6.61 Å². The molecule has 1 aliphatic heterocycles. The Hall–Kier alpha value is -1.09. The number of ether oxygens (including phenoxy) is 2. The fraction of sp³-hybridized carbons (Fsp3) is 0.619. The molecule has 1 aromatic carbocycles. The number of unbranched alkanes of at least 4 members (excludes halogenated alkanes) is 9. The van der Waals surface area contributed by atoms with Gasteiger partial charge in [0.2, 0.25) is 0 Å². The average molecular weight is 349 g/mol. The zero-order chi connectivity index (χ0) is 16.9. The minimum absolute atomic E-state index is 0.658. The Labute approximate surface area is 153 Å². The summed E-state index contributed by atoms with van der Waals surface area (Å²) in [4.78, 5) is 0. The number of rotatable bonds is 13. The van der Waals surface area contributed by atoms with Crippen molar-refractivity contribution in [2.75, 3.05) is 19.0 Å². The summed E-state index contributed by atoms with van der Waals surface area (Å²) in [6.45, 7) is 1.46. The van der Waals surface area contributed by atoms with Gasteiger partial charge in [-0.2, -0.15) is 12.6 Å². The van der Waals surface area contributed by atoms with Crippen molar-refractivity contribution < 1.29 is 9.47 Å². The van der Waals surface area contributed by atoms with E-state index < -0.39 is 0 Å². The predicted octanol–water partition coefficient (Wildman–Crippen LogP) is 6.30. The van der Waals surface area contributed by atoms with Gasteiger partial charge in [0.25, 0.3) is 0 Å². The average Bonchev–Trinajstić information content (AvgIpc) is 2.62. The summed E-state index contributed by atoms with van der Waals surface area (Å²) in [5, 5.41) is 0. The molecule has 1 heterocycles. The monoisotopic (exact) mass is 348 g/mol. The highest BCUT2D eigenvalue weighted by atomic mass is 32.1. The maximum atomic E-state index is 5.84. The van der Waals surface area contributed by atoms with Crippen molar-refractivity contribution in [3.05, 3.63) is 29.8 Å². The molecule has 0 N–H and O–H groups in total. The molecule has 0 amide bonds. The molecular formula is C21H32O2S. The third-order valence-corrected chi connectivity index (χ3v) is 4.75. The highest BCUT2D eigenvalue weighted by Crippen LogP contribution is 2.28. The van der Waals surface area contributed by atoms with Crippen LogP contribution in [-0.2, 0) is 0 Å². The first-order valence-electron chi connectivity index (χ1n) is 9.57. The normalized spacial score (nSPS) is 12.7. The Morgan fingerprint density at radius 1 is 0.875 bits per heavy atom. The second-order valence-electron chi connectivity index (χ2n) is 6.52. The SMILES string of the molecule is SCCCCCCCCCCCCOc1ccc2c(c1)OCC=C2. The van der Waals surface area contributed by atoms with Gasteiger partial charge in [-0.1, -0.05) is 57.4 Å². The van der Waals surface area contributed by atoms with Gasteiger partial charge in [0.15, 0.2) is 0 Å². The first kappa shape index (κ1) is 19.2. The van der Waals surface area contributed by atoms with Crippen molar-refractivity contribution in [1.82, 2.24) is 0 Å². The second-order valence-corrected chi connectivity index (χ2v) is 6.97. The van der Waals surface area contributed by atoms with Gasteiger partial charge in [-0.25, -0.2) is 0 Å². The molecule has 0 aliphatic carbocycles. The number of hydrogen-bond donors (Lipinski definition) is 1. The van der Waals surface area contributed by atoms with Crippen LogP contribution in [0, 0.1) is 0 Å². The molecule has 0 spiro atoms. The summed E-state index contributed by atoms with van der Waals surface area (Å²) < 4.78 is 11.5. The first-order valence-corrected chi connectivity index (χ1v) is 10.2. The van der Waals surface area contributed by atoms with E-state index in [4.69, 9.17) is 9.47 Å². The van der Waals surface area contributed by atoms with Gasteiger partial charge in [0, 0.05) is 11.6 Å². The molecule has 1 aliphatic rings. The summed E-state index contributed by atoms with van der Waals surface area (Å²) in [5.74, 6) is 2.90. The van der Waals surface area contributed by atoms with Crippen LogP contribution in [-0.4, -0.2) is 19.0 Å². The lowest BCUT2D eigenvalue weighted by Crippen LogP contribution is -2.02. The second kappa shape index (κ2) is 12.3. The van der Waals surface area contributed by atoms with Crippen LogP contribution in [0.1, 0.15) is 69.8 Å². The molecule has 134 valence electrons. The van der Waals surface area contributed by atoms with Crippen molar-refractivity contribution in [3.8, 4) is 11.5 Å². The van der Waals surface area contributed by atoms with E-state index >= 15 is 0 Å². The summed E-state index contributed by atoms with van der Waals surface area (Å²) >= 11 is 4.25. The van der Waals surface area contributed by atoms with Gasteiger partial charge < -0.3 is 9.47 Å². The maximum absolute atomic E-state index is 5.84. The third-order valence-electron chi connectivity index (χ3n) is 4.44. The smallest absolute Gasteiger partial charge is 0.130 e. The molecule has 0 saturated heterocycles. The van der Waals surface area contributed by atoms with Crippen LogP contribution in [0.2, 0.25) is 0 Å². The molecule has 0 unspecified atom stereocenters. The fourth-order valence-electron chi connectivity index (χ4n) is 3.00. The van der Waals surface area contributed by atoms with Crippen LogP contribution >= 0.6 is 12.6 Å². The van der Waals surface area contributed by atoms with Crippen LogP contribution < -0.4 is 9.47 Å². The maximum Gasteiger partial charge on any atom is 0.130 e. The fourth-order valence-corrected chi connectivity index (χ4v) is 3.22. The minimum atomic E-state index is 0.658. The van der Waals surface area contributed by atoms with E-state index in [1.807, 2.05) is 18.2 Å². The summed E-state index contributed by atoms with van der Waals surface area (Å²) in [6.07, 6.45) is 17.4. The molecule has 1 aromatic rings. The highest BCUT2D eigenvalue weighted by molar-refractivity contribution is 7.80. The minimum Gasteiger partial charge on any atom is -0.493 e. The molecular weight excluding hydrogens is 316 g/mol. The van der Waals surface area contributed by atoms with Crippen molar-refractivity contribution in [2.24, 2.45) is 0 Å². The van der Waals surface area contributed by atoms with Crippen molar-refractivity contribution >= 4 is 18.7 Å². The van der Waals surface area contributed by atoms with Crippen molar-refractivity contribution in [2.45, 2.75) is 64.2 Å². The Kier molecular flexibility index (Phi) is 9.86. The number of fused-ring (bicyclic) bond motifs is 1. The van der Waals surface area contributed by atoms with Crippen LogP contribution in [0.4, 0.5) is 0 Å². The Morgan fingerprint density at radius 2 is 1.54 bits per heavy atom. The zero-order valence-corrected chi connectivity index (χ0v) is 15.7. The van der Waals surface area contributed by atoms with Gasteiger partial charge in [-0.05, 0) is 36.8 Å². The van der Waals surface area contributed by atoms with Crippen LogP contribution in [0.25, 0.3) is 6.08 Å². The van der Waals surface area contributed by atoms with Crippen LogP contribution in [0.15, 0.2) is 24.3 Å². The summed E-state index contributed by atoms with van der Waals surface area (Å²) in [5.41, 5.74) is 1.14. The standard InChI is InChI=1S/C21H32O2S/c24-17-10-8-6-4-2-1-3-5-7-9-15-22-20-14-13-19-12-11-16-23-21(19)18-20/h11-14,18,24H,1-10,15-17H2. The molecule has 0 radical (unpaired) electrons. The predicted molar refractivity (Wildman–Crippen MR) is 106 cm³/mol. The lowest BCUT2D eigenvalue weighted by Gasteiger charge is -2.14. The van der Waals surface area contributed by atoms with Crippen molar-refractivity contribution in [1.29, 1.82) is 0 Å². The molecule has 0 fully saturated rings. The molecule has 0 aromatic heterocycles. The van der Waals surface area contributed by atoms with E-state index in [9.17, 15) is 0 Å². The van der Waals surface area contributed by atoms with E-state index in [-0.39, 0.29) is 0 Å². The van der Waals surface area contributed by atoms with Gasteiger partial charge in [-0.15, -0.1) is 0 Å². The van der Waals surface area contributed by atoms with Gasteiger partial charge >= 0.3 is 0 Å². The number of hydrogen-bond acceptors (Lipinski definition) is 3. The van der Waals surface area contributed by atoms with Gasteiger partial charge in [0.05, 0.1) is 6.61 Å².